The smallest absolute Gasteiger partial charge is 0.148 e. The lowest BCUT2D eigenvalue weighted by molar-refractivity contribution is 0.482. The van der Waals surface area contributed by atoms with Crippen molar-refractivity contribution < 1.29 is 0 Å². The van der Waals surface area contributed by atoms with Gasteiger partial charge in [0, 0.05) is 12.3 Å². The van der Waals surface area contributed by atoms with Crippen LogP contribution in [0.5, 0.6) is 0 Å². The molecular weight excluding hydrogens is 354 g/mol. The standard InChI is InChI=1S/C21H43N5S/c1-3-4-5-6-7-8-9-10-11-12-13-14-15-16-17-27-19-21(18-22)26-20(2)23-24-25-26/h21H,3-19,22H2,1-2H3. The molecule has 158 valence electrons. The van der Waals surface area contributed by atoms with Crippen LogP contribution in [0.2, 0.25) is 0 Å². The number of aromatic nitrogens is 4. The number of thioether (sulfide) groups is 1. The number of hydrogen-bond acceptors (Lipinski definition) is 5. The molecule has 0 aliphatic rings. The Kier molecular flexibility index (Phi) is 15.8. The molecule has 2 N–H and O–H groups in total. The third kappa shape index (κ3) is 12.5. The predicted octanol–water partition coefficient (Wildman–Crippen LogP) is 5.70. The van der Waals surface area contributed by atoms with E-state index < -0.39 is 0 Å². The van der Waals surface area contributed by atoms with Crippen molar-refractivity contribution >= 4 is 11.8 Å². The minimum Gasteiger partial charge on any atom is -0.328 e. The lowest BCUT2D eigenvalue weighted by Gasteiger charge is -2.14. The van der Waals surface area contributed by atoms with Crippen molar-refractivity contribution in [2.24, 2.45) is 5.73 Å². The van der Waals surface area contributed by atoms with Gasteiger partial charge in [-0.15, -0.1) is 5.10 Å². The molecule has 1 aromatic rings. The molecule has 1 rings (SSSR count). The highest BCUT2D eigenvalue weighted by atomic mass is 32.2. The van der Waals surface area contributed by atoms with Crippen molar-refractivity contribution in [2.45, 2.75) is 110 Å². The zero-order valence-corrected chi connectivity index (χ0v) is 18.7. The Bertz CT molecular complexity index is 438. The maximum Gasteiger partial charge on any atom is 0.148 e. The van der Waals surface area contributed by atoms with E-state index in [1.807, 2.05) is 23.4 Å². The van der Waals surface area contributed by atoms with E-state index in [1.165, 1.54) is 95.6 Å². The number of nitrogens with two attached hydrogens (primary N) is 1. The van der Waals surface area contributed by atoms with Gasteiger partial charge in [-0.2, -0.15) is 11.8 Å². The Morgan fingerprint density at radius 1 is 0.852 bits per heavy atom. The Morgan fingerprint density at radius 2 is 1.37 bits per heavy atom. The first kappa shape index (κ1) is 24.4. The second-order valence-corrected chi connectivity index (χ2v) is 8.88. The van der Waals surface area contributed by atoms with Gasteiger partial charge >= 0.3 is 0 Å². The molecule has 1 aromatic heterocycles. The molecule has 0 bridgehead atoms. The topological polar surface area (TPSA) is 69.6 Å². The minimum absolute atomic E-state index is 0.219. The highest BCUT2D eigenvalue weighted by molar-refractivity contribution is 7.99. The van der Waals surface area contributed by atoms with Gasteiger partial charge in [-0.25, -0.2) is 4.68 Å². The van der Waals surface area contributed by atoms with Gasteiger partial charge in [0.1, 0.15) is 5.82 Å². The maximum absolute atomic E-state index is 5.87. The molecule has 0 amide bonds. The Balaban J connectivity index is 1.82. The number of rotatable bonds is 19. The van der Waals surface area contributed by atoms with E-state index in [0.29, 0.717) is 6.54 Å². The number of tetrazole rings is 1. The molecular formula is C21H43N5S. The summed E-state index contributed by atoms with van der Waals surface area (Å²) in [4.78, 5) is 0. The predicted molar refractivity (Wildman–Crippen MR) is 118 cm³/mol. The molecule has 0 aliphatic carbocycles. The fourth-order valence-corrected chi connectivity index (χ4v) is 4.56. The van der Waals surface area contributed by atoms with Crippen LogP contribution in [0.25, 0.3) is 0 Å². The molecule has 0 fully saturated rings. The van der Waals surface area contributed by atoms with Crippen LogP contribution >= 0.6 is 11.8 Å². The first-order chi connectivity index (χ1) is 13.3. The summed E-state index contributed by atoms with van der Waals surface area (Å²) in [5.41, 5.74) is 5.87. The largest absolute Gasteiger partial charge is 0.328 e. The Hall–Kier alpha value is -0.620. The van der Waals surface area contributed by atoms with Crippen molar-refractivity contribution in [3.05, 3.63) is 5.82 Å². The first-order valence-corrected chi connectivity index (χ1v) is 12.5. The van der Waals surface area contributed by atoms with Gasteiger partial charge in [-0.3, -0.25) is 0 Å². The van der Waals surface area contributed by atoms with Crippen LogP contribution in [-0.4, -0.2) is 38.3 Å². The van der Waals surface area contributed by atoms with Crippen molar-refractivity contribution in [2.75, 3.05) is 18.1 Å². The fourth-order valence-electron chi connectivity index (χ4n) is 3.43. The van der Waals surface area contributed by atoms with Crippen molar-refractivity contribution in [3.8, 4) is 0 Å². The quantitative estimate of drug-likeness (QED) is 0.303. The summed E-state index contributed by atoms with van der Waals surface area (Å²) in [6.07, 6.45) is 19.8. The van der Waals surface area contributed by atoms with Gasteiger partial charge in [-0.1, -0.05) is 90.4 Å². The number of unbranched alkanes of at least 4 members (excludes halogenated alkanes) is 13. The minimum atomic E-state index is 0.219. The van der Waals surface area contributed by atoms with Gasteiger partial charge in [-0.05, 0) is 29.5 Å². The summed E-state index contributed by atoms with van der Waals surface area (Å²) in [5, 5.41) is 11.7. The molecule has 27 heavy (non-hydrogen) atoms. The lowest BCUT2D eigenvalue weighted by atomic mass is 10.0. The van der Waals surface area contributed by atoms with Gasteiger partial charge in [0.15, 0.2) is 0 Å². The maximum atomic E-state index is 5.87. The van der Waals surface area contributed by atoms with Gasteiger partial charge in [0.2, 0.25) is 0 Å². The monoisotopic (exact) mass is 397 g/mol. The second-order valence-electron chi connectivity index (χ2n) is 7.73. The highest BCUT2D eigenvalue weighted by Crippen LogP contribution is 2.17. The number of nitrogens with zero attached hydrogens (tertiary/aromatic N) is 4. The van der Waals surface area contributed by atoms with Crippen LogP contribution < -0.4 is 5.73 Å². The van der Waals surface area contributed by atoms with E-state index in [-0.39, 0.29) is 6.04 Å². The molecule has 5 nitrogen and oxygen atoms in total. The van der Waals surface area contributed by atoms with E-state index in [9.17, 15) is 0 Å². The summed E-state index contributed by atoms with van der Waals surface area (Å²) in [5.74, 6) is 3.07. The van der Waals surface area contributed by atoms with E-state index in [2.05, 4.69) is 22.4 Å². The zero-order valence-electron chi connectivity index (χ0n) is 17.9. The van der Waals surface area contributed by atoms with Gasteiger partial charge in [0.25, 0.3) is 0 Å². The van der Waals surface area contributed by atoms with Crippen molar-refractivity contribution in [1.82, 2.24) is 20.2 Å². The molecule has 6 heteroatoms. The third-order valence-corrected chi connectivity index (χ3v) is 6.43. The SMILES string of the molecule is CCCCCCCCCCCCCCCCSCC(CN)n1nnnc1C. The van der Waals surface area contributed by atoms with Crippen molar-refractivity contribution in [3.63, 3.8) is 0 Å². The van der Waals surface area contributed by atoms with E-state index in [1.54, 1.807) is 0 Å². The van der Waals surface area contributed by atoms with E-state index in [0.717, 1.165) is 11.6 Å². The number of aryl methyl sites for hydroxylation is 1. The molecule has 1 heterocycles. The van der Waals surface area contributed by atoms with Crippen LogP contribution in [0.1, 0.15) is 109 Å². The zero-order chi connectivity index (χ0) is 19.6. The van der Waals surface area contributed by atoms with Crippen LogP contribution in [0.15, 0.2) is 0 Å². The molecule has 1 unspecified atom stereocenters. The summed E-state index contributed by atoms with van der Waals surface area (Å²) < 4.78 is 1.86. The fraction of sp³-hybridized carbons (Fsp3) is 0.952. The first-order valence-electron chi connectivity index (χ1n) is 11.3. The van der Waals surface area contributed by atoms with Crippen LogP contribution in [0.4, 0.5) is 0 Å². The summed E-state index contributed by atoms with van der Waals surface area (Å²) in [6.45, 7) is 4.81. The molecule has 0 radical (unpaired) electrons. The Labute approximate surface area is 171 Å². The average Bonchev–Trinajstić information content (AvgIpc) is 3.10. The number of hydrogen-bond donors (Lipinski definition) is 1. The second kappa shape index (κ2) is 17.5. The van der Waals surface area contributed by atoms with Crippen molar-refractivity contribution in [1.29, 1.82) is 0 Å². The van der Waals surface area contributed by atoms with E-state index >= 15 is 0 Å². The summed E-state index contributed by atoms with van der Waals surface area (Å²) >= 11 is 1.98. The highest BCUT2D eigenvalue weighted by Gasteiger charge is 2.13. The van der Waals surface area contributed by atoms with Crippen LogP contribution in [0.3, 0.4) is 0 Å². The van der Waals surface area contributed by atoms with Crippen LogP contribution in [0, 0.1) is 6.92 Å². The van der Waals surface area contributed by atoms with E-state index in [4.69, 9.17) is 5.73 Å². The molecule has 1 atom stereocenters. The van der Waals surface area contributed by atoms with Gasteiger partial charge < -0.3 is 5.73 Å². The summed E-state index contributed by atoms with van der Waals surface area (Å²) in [7, 11) is 0. The van der Waals surface area contributed by atoms with Crippen LogP contribution in [-0.2, 0) is 0 Å². The molecule has 0 saturated carbocycles. The molecule has 0 aromatic carbocycles. The normalized spacial score (nSPS) is 12.6. The lowest BCUT2D eigenvalue weighted by Crippen LogP contribution is -2.23. The third-order valence-electron chi connectivity index (χ3n) is 5.23. The molecule has 0 aliphatic heterocycles. The summed E-state index contributed by atoms with van der Waals surface area (Å²) in [6, 6.07) is 0.219. The van der Waals surface area contributed by atoms with Gasteiger partial charge in [0.05, 0.1) is 6.04 Å². The Morgan fingerprint density at radius 3 is 1.81 bits per heavy atom. The average molecular weight is 398 g/mol. The molecule has 0 spiro atoms. The molecule has 0 saturated heterocycles.